The monoisotopic (exact) mass is 304 g/mol. The second-order valence-corrected chi connectivity index (χ2v) is 6.02. The molecule has 1 aromatic carbocycles. The zero-order chi connectivity index (χ0) is 15.9. The lowest BCUT2D eigenvalue weighted by molar-refractivity contribution is -0.122. The molecule has 0 aliphatic heterocycles. The Morgan fingerprint density at radius 3 is 2.45 bits per heavy atom. The third-order valence-electron chi connectivity index (χ3n) is 3.97. The van der Waals surface area contributed by atoms with Crippen LogP contribution in [-0.2, 0) is 4.79 Å². The minimum absolute atomic E-state index is 0.0535. The molecule has 1 saturated carbocycles. The van der Waals surface area contributed by atoms with Gasteiger partial charge in [-0.2, -0.15) is 0 Å². The maximum atomic E-state index is 12.0. The molecule has 3 N–H and O–H groups in total. The Balaban J connectivity index is 1.73. The molecule has 1 fully saturated rings. The number of aliphatic hydroxyl groups is 1. The fourth-order valence-corrected chi connectivity index (χ4v) is 2.73. The molecule has 0 heterocycles. The summed E-state index contributed by atoms with van der Waals surface area (Å²) >= 11 is 0. The van der Waals surface area contributed by atoms with Crippen LogP contribution in [0.3, 0.4) is 0 Å². The average molecular weight is 304 g/mol. The van der Waals surface area contributed by atoms with Crippen molar-refractivity contribution in [3.05, 3.63) is 35.9 Å². The Kier molecular flexibility index (Phi) is 5.95. The molecule has 0 radical (unpaired) electrons. The molecular formula is C17H24N2O3. The Morgan fingerprint density at radius 2 is 1.82 bits per heavy atom. The van der Waals surface area contributed by atoms with Crippen LogP contribution < -0.4 is 10.6 Å². The first-order chi connectivity index (χ1) is 10.5. The molecule has 5 heteroatoms. The lowest BCUT2D eigenvalue weighted by Crippen LogP contribution is -2.42. The summed E-state index contributed by atoms with van der Waals surface area (Å²) in [4.78, 5) is 24.0. The molecule has 22 heavy (non-hydrogen) atoms. The highest BCUT2D eigenvalue weighted by molar-refractivity contribution is 5.94. The van der Waals surface area contributed by atoms with Gasteiger partial charge in [-0.05, 0) is 44.7 Å². The number of hydrogen-bond donors (Lipinski definition) is 3. The van der Waals surface area contributed by atoms with Crippen molar-refractivity contribution in [3.8, 4) is 0 Å². The summed E-state index contributed by atoms with van der Waals surface area (Å²) in [5.74, 6) is -0.219. The highest BCUT2D eigenvalue weighted by Gasteiger charge is 2.21. The van der Waals surface area contributed by atoms with Gasteiger partial charge in [0.1, 0.15) is 0 Å². The van der Waals surface area contributed by atoms with Gasteiger partial charge in [0, 0.05) is 24.1 Å². The number of carbonyl (C=O) groups is 2. The van der Waals surface area contributed by atoms with E-state index in [2.05, 4.69) is 10.6 Å². The minimum Gasteiger partial charge on any atom is -0.393 e. The summed E-state index contributed by atoms with van der Waals surface area (Å²) < 4.78 is 0. The molecule has 1 unspecified atom stereocenters. The molecule has 1 atom stereocenters. The van der Waals surface area contributed by atoms with E-state index in [1.54, 1.807) is 12.1 Å². The van der Waals surface area contributed by atoms with Gasteiger partial charge in [0.05, 0.1) is 6.10 Å². The number of hydrogen-bond acceptors (Lipinski definition) is 3. The standard InChI is InChI=1S/C17H24N2O3/c1-12(18-17(22)13-5-3-2-4-6-13)11-16(21)19-14-7-9-15(20)10-8-14/h2-6,12,14-15,20H,7-11H2,1H3,(H,18,22)(H,19,21). The molecule has 0 aromatic heterocycles. The van der Waals surface area contributed by atoms with Gasteiger partial charge in [-0.1, -0.05) is 18.2 Å². The molecular weight excluding hydrogens is 280 g/mol. The first kappa shape index (κ1) is 16.5. The summed E-state index contributed by atoms with van der Waals surface area (Å²) in [6, 6.07) is 8.89. The molecule has 1 aliphatic carbocycles. The van der Waals surface area contributed by atoms with Crippen LogP contribution in [0.2, 0.25) is 0 Å². The zero-order valence-electron chi connectivity index (χ0n) is 12.9. The van der Waals surface area contributed by atoms with E-state index in [1.807, 2.05) is 25.1 Å². The van der Waals surface area contributed by atoms with Gasteiger partial charge in [-0.3, -0.25) is 9.59 Å². The van der Waals surface area contributed by atoms with Crippen LogP contribution in [0.4, 0.5) is 0 Å². The van der Waals surface area contributed by atoms with E-state index in [9.17, 15) is 14.7 Å². The molecule has 120 valence electrons. The summed E-state index contributed by atoms with van der Waals surface area (Å²) in [6.07, 6.45) is 3.15. The highest BCUT2D eigenvalue weighted by Crippen LogP contribution is 2.18. The number of benzene rings is 1. The Bertz CT molecular complexity index is 496. The molecule has 1 aliphatic rings. The third-order valence-corrected chi connectivity index (χ3v) is 3.97. The van der Waals surface area contributed by atoms with E-state index >= 15 is 0 Å². The summed E-state index contributed by atoms with van der Waals surface area (Å²) in [5.41, 5.74) is 0.594. The van der Waals surface area contributed by atoms with Gasteiger partial charge in [-0.15, -0.1) is 0 Å². The van der Waals surface area contributed by atoms with Gasteiger partial charge in [0.25, 0.3) is 5.91 Å². The van der Waals surface area contributed by atoms with Crippen LogP contribution in [-0.4, -0.2) is 35.1 Å². The molecule has 0 spiro atoms. The quantitative estimate of drug-likeness (QED) is 0.773. The normalized spacial score (nSPS) is 22.6. The maximum absolute atomic E-state index is 12.0. The van der Waals surface area contributed by atoms with Gasteiger partial charge < -0.3 is 15.7 Å². The van der Waals surface area contributed by atoms with Gasteiger partial charge in [0.15, 0.2) is 0 Å². The van der Waals surface area contributed by atoms with Crippen molar-refractivity contribution >= 4 is 11.8 Å². The number of carbonyl (C=O) groups excluding carboxylic acids is 2. The van der Waals surface area contributed by atoms with E-state index < -0.39 is 0 Å². The van der Waals surface area contributed by atoms with E-state index in [0.717, 1.165) is 25.7 Å². The van der Waals surface area contributed by atoms with Gasteiger partial charge in [0.2, 0.25) is 5.91 Å². The number of rotatable bonds is 5. The molecule has 1 aromatic rings. The smallest absolute Gasteiger partial charge is 0.251 e. The number of amides is 2. The van der Waals surface area contributed by atoms with E-state index in [0.29, 0.717) is 5.56 Å². The summed E-state index contributed by atoms with van der Waals surface area (Å²) in [6.45, 7) is 1.82. The lowest BCUT2D eigenvalue weighted by Gasteiger charge is -2.26. The van der Waals surface area contributed by atoms with Crippen molar-refractivity contribution in [2.24, 2.45) is 0 Å². The molecule has 2 rings (SSSR count). The SMILES string of the molecule is CC(CC(=O)NC1CCC(O)CC1)NC(=O)c1ccccc1. The Hall–Kier alpha value is -1.88. The van der Waals surface area contributed by atoms with E-state index in [-0.39, 0.29) is 36.4 Å². The molecule has 5 nitrogen and oxygen atoms in total. The van der Waals surface area contributed by atoms with Crippen LogP contribution in [0.5, 0.6) is 0 Å². The zero-order valence-corrected chi connectivity index (χ0v) is 12.9. The minimum atomic E-state index is -0.225. The van der Waals surface area contributed by atoms with Crippen molar-refractivity contribution in [1.82, 2.24) is 10.6 Å². The highest BCUT2D eigenvalue weighted by atomic mass is 16.3. The van der Waals surface area contributed by atoms with Crippen molar-refractivity contribution in [1.29, 1.82) is 0 Å². The summed E-state index contributed by atoms with van der Waals surface area (Å²) in [5, 5.41) is 15.3. The largest absolute Gasteiger partial charge is 0.393 e. The average Bonchev–Trinajstić information content (AvgIpc) is 2.50. The van der Waals surface area contributed by atoms with Crippen molar-refractivity contribution in [2.75, 3.05) is 0 Å². The molecule has 2 amide bonds. The van der Waals surface area contributed by atoms with Crippen LogP contribution in [0.15, 0.2) is 30.3 Å². The van der Waals surface area contributed by atoms with Crippen molar-refractivity contribution < 1.29 is 14.7 Å². The maximum Gasteiger partial charge on any atom is 0.251 e. The van der Waals surface area contributed by atoms with Gasteiger partial charge in [-0.25, -0.2) is 0 Å². The third kappa shape index (κ3) is 5.15. The predicted molar refractivity (Wildman–Crippen MR) is 84.4 cm³/mol. The fraction of sp³-hybridized carbons (Fsp3) is 0.529. The number of aliphatic hydroxyl groups excluding tert-OH is 1. The van der Waals surface area contributed by atoms with Crippen molar-refractivity contribution in [3.63, 3.8) is 0 Å². The second-order valence-electron chi connectivity index (χ2n) is 6.02. The Labute approximate surface area is 131 Å². The topological polar surface area (TPSA) is 78.4 Å². The lowest BCUT2D eigenvalue weighted by atomic mass is 9.93. The van der Waals surface area contributed by atoms with Crippen LogP contribution in [0, 0.1) is 0 Å². The predicted octanol–water partition coefficient (Wildman–Crippen LogP) is 1.61. The van der Waals surface area contributed by atoms with E-state index in [1.165, 1.54) is 0 Å². The first-order valence-corrected chi connectivity index (χ1v) is 7.88. The van der Waals surface area contributed by atoms with Crippen LogP contribution in [0.25, 0.3) is 0 Å². The first-order valence-electron chi connectivity index (χ1n) is 7.88. The van der Waals surface area contributed by atoms with Gasteiger partial charge >= 0.3 is 0 Å². The van der Waals surface area contributed by atoms with Crippen LogP contribution >= 0.6 is 0 Å². The Morgan fingerprint density at radius 1 is 1.18 bits per heavy atom. The fourth-order valence-electron chi connectivity index (χ4n) is 2.73. The second kappa shape index (κ2) is 7.94. The van der Waals surface area contributed by atoms with Crippen molar-refractivity contribution in [2.45, 2.75) is 57.2 Å². The molecule has 0 saturated heterocycles. The van der Waals surface area contributed by atoms with E-state index in [4.69, 9.17) is 0 Å². The van der Waals surface area contributed by atoms with Crippen LogP contribution in [0.1, 0.15) is 49.4 Å². The summed E-state index contributed by atoms with van der Waals surface area (Å²) in [7, 11) is 0. The molecule has 0 bridgehead atoms. The number of nitrogens with one attached hydrogen (secondary N) is 2.